The number of para-hydroxylation sites is 1. The second kappa shape index (κ2) is 9.17. The molecule has 0 bridgehead atoms. The van der Waals surface area contributed by atoms with Crippen LogP contribution in [0.5, 0.6) is 0 Å². The topological polar surface area (TPSA) is 85.8 Å². The third-order valence-corrected chi connectivity index (χ3v) is 4.72. The number of aryl methyl sites for hydroxylation is 2. The molecule has 0 aliphatic carbocycles. The Hall–Kier alpha value is -3.74. The molecule has 0 unspecified atom stereocenters. The van der Waals surface area contributed by atoms with Gasteiger partial charge in [-0.2, -0.15) is 5.10 Å². The Morgan fingerprint density at radius 3 is 2.63 bits per heavy atom. The molecule has 0 aliphatic heterocycles. The molecule has 7 nitrogen and oxygen atoms in total. The lowest BCUT2D eigenvalue weighted by Crippen LogP contribution is -2.25. The Labute approximate surface area is 174 Å². The third kappa shape index (κ3) is 5.00. The van der Waals surface area contributed by atoms with Gasteiger partial charge in [-0.25, -0.2) is 4.68 Å². The molecular weight excluding hydrogens is 378 g/mol. The highest BCUT2D eigenvalue weighted by atomic mass is 16.4. The van der Waals surface area contributed by atoms with E-state index in [1.807, 2.05) is 78.6 Å². The minimum atomic E-state index is -0.0412. The molecule has 0 saturated carbocycles. The van der Waals surface area contributed by atoms with Crippen LogP contribution in [-0.4, -0.2) is 32.4 Å². The van der Waals surface area contributed by atoms with E-state index in [2.05, 4.69) is 20.6 Å². The van der Waals surface area contributed by atoms with Crippen molar-refractivity contribution in [1.82, 2.24) is 25.3 Å². The number of hydrogen-bond acceptors (Lipinski definition) is 5. The Morgan fingerprint density at radius 2 is 1.83 bits per heavy atom. The van der Waals surface area contributed by atoms with Crippen molar-refractivity contribution in [1.29, 1.82) is 0 Å². The number of carbonyl (C=O) groups is 1. The van der Waals surface area contributed by atoms with Gasteiger partial charge in [0.15, 0.2) is 0 Å². The van der Waals surface area contributed by atoms with E-state index < -0.39 is 0 Å². The summed E-state index contributed by atoms with van der Waals surface area (Å²) in [7, 11) is 0. The minimum Gasteiger partial charge on any atom is -0.421 e. The van der Waals surface area contributed by atoms with Crippen molar-refractivity contribution < 1.29 is 9.21 Å². The number of aromatic nitrogens is 4. The molecule has 2 heterocycles. The van der Waals surface area contributed by atoms with Crippen LogP contribution in [0.25, 0.3) is 17.1 Å². The van der Waals surface area contributed by atoms with Gasteiger partial charge in [-0.05, 0) is 43.2 Å². The van der Waals surface area contributed by atoms with E-state index in [0.29, 0.717) is 31.2 Å². The lowest BCUT2D eigenvalue weighted by Gasteiger charge is -2.03. The monoisotopic (exact) mass is 401 g/mol. The molecule has 0 radical (unpaired) electrons. The molecule has 1 amide bonds. The molecule has 4 rings (SSSR count). The van der Waals surface area contributed by atoms with Crippen LogP contribution in [0.1, 0.15) is 23.4 Å². The second-order valence-corrected chi connectivity index (χ2v) is 7.10. The van der Waals surface area contributed by atoms with Crippen LogP contribution in [0, 0.1) is 6.92 Å². The van der Waals surface area contributed by atoms with E-state index in [9.17, 15) is 4.79 Å². The summed E-state index contributed by atoms with van der Waals surface area (Å²) in [5.41, 5.74) is 4.12. The number of amides is 1. The van der Waals surface area contributed by atoms with Crippen LogP contribution < -0.4 is 5.32 Å². The van der Waals surface area contributed by atoms with E-state index in [0.717, 1.165) is 23.2 Å². The molecule has 152 valence electrons. The first-order valence-electron chi connectivity index (χ1n) is 9.92. The smallest absolute Gasteiger partial charge is 0.247 e. The average Bonchev–Trinajstić information content (AvgIpc) is 3.43. The van der Waals surface area contributed by atoms with E-state index >= 15 is 0 Å². The number of hydrogen-bond donors (Lipinski definition) is 1. The molecule has 2 aromatic heterocycles. The average molecular weight is 401 g/mol. The third-order valence-electron chi connectivity index (χ3n) is 4.72. The SMILES string of the molecule is Cc1ccc(-c2nnc(CCC(=O)NCCc3cnn(-c4ccccc4)c3)o2)cc1. The lowest BCUT2D eigenvalue weighted by molar-refractivity contribution is -0.121. The maximum Gasteiger partial charge on any atom is 0.247 e. The Bertz CT molecular complexity index is 1100. The van der Waals surface area contributed by atoms with E-state index in [4.69, 9.17) is 4.42 Å². The first-order chi connectivity index (χ1) is 14.7. The van der Waals surface area contributed by atoms with Crippen LogP contribution in [0.4, 0.5) is 0 Å². The molecule has 2 aromatic carbocycles. The van der Waals surface area contributed by atoms with Crippen LogP contribution >= 0.6 is 0 Å². The highest BCUT2D eigenvalue weighted by Crippen LogP contribution is 2.18. The molecule has 0 aliphatic rings. The van der Waals surface area contributed by atoms with Gasteiger partial charge in [-0.15, -0.1) is 10.2 Å². The highest BCUT2D eigenvalue weighted by molar-refractivity contribution is 5.76. The Morgan fingerprint density at radius 1 is 1.03 bits per heavy atom. The zero-order valence-electron chi connectivity index (χ0n) is 16.8. The standard InChI is InChI=1S/C23H23N5O2/c1-17-7-9-19(10-8-17)23-27-26-22(30-23)12-11-21(29)24-14-13-18-15-25-28(16-18)20-5-3-2-4-6-20/h2-10,15-16H,11-14H2,1H3,(H,24,29). The summed E-state index contributed by atoms with van der Waals surface area (Å²) in [4.78, 5) is 12.1. The molecule has 7 heteroatoms. The van der Waals surface area contributed by atoms with Crippen molar-refractivity contribution in [2.45, 2.75) is 26.2 Å². The fourth-order valence-corrected chi connectivity index (χ4v) is 3.03. The van der Waals surface area contributed by atoms with Crippen molar-refractivity contribution in [2.24, 2.45) is 0 Å². The molecule has 0 spiro atoms. The van der Waals surface area contributed by atoms with Crippen molar-refractivity contribution in [3.63, 3.8) is 0 Å². The fourth-order valence-electron chi connectivity index (χ4n) is 3.03. The number of rotatable bonds is 8. The largest absolute Gasteiger partial charge is 0.421 e. The summed E-state index contributed by atoms with van der Waals surface area (Å²) >= 11 is 0. The zero-order chi connectivity index (χ0) is 20.8. The normalized spacial score (nSPS) is 10.8. The number of benzene rings is 2. The quantitative estimate of drug-likeness (QED) is 0.488. The minimum absolute atomic E-state index is 0.0412. The zero-order valence-corrected chi connectivity index (χ0v) is 16.8. The molecule has 1 N–H and O–H groups in total. The summed E-state index contributed by atoms with van der Waals surface area (Å²) in [5.74, 6) is 0.895. The highest BCUT2D eigenvalue weighted by Gasteiger charge is 2.10. The maximum atomic E-state index is 12.1. The Kier molecular flexibility index (Phi) is 5.98. The second-order valence-electron chi connectivity index (χ2n) is 7.10. The summed E-state index contributed by atoms with van der Waals surface area (Å²) < 4.78 is 7.50. The fraction of sp³-hybridized carbons (Fsp3) is 0.217. The molecule has 0 atom stereocenters. The summed E-state index contributed by atoms with van der Waals surface area (Å²) in [6, 6.07) is 17.8. The maximum absolute atomic E-state index is 12.1. The molecule has 4 aromatic rings. The molecule has 0 saturated heterocycles. The van der Waals surface area contributed by atoms with Gasteiger partial charge in [-0.3, -0.25) is 4.79 Å². The van der Waals surface area contributed by atoms with Gasteiger partial charge in [0.05, 0.1) is 11.9 Å². The number of carbonyl (C=O) groups excluding carboxylic acids is 1. The molecule has 0 fully saturated rings. The predicted molar refractivity (Wildman–Crippen MR) is 113 cm³/mol. The number of nitrogens with one attached hydrogen (secondary N) is 1. The van der Waals surface area contributed by atoms with Gasteiger partial charge in [0.2, 0.25) is 17.7 Å². The van der Waals surface area contributed by atoms with Crippen molar-refractivity contribution in [2.75, 3.05) is 6.54 Å². The van der Waals surface area contributed by atoms with Crippen LogP contribution in [0.2, 0.25) is 0 Å². The van der Waals surface area contributed by atoms with Gasteiger partial charge in [-0.1, -0.05) is 35.9 Å². The van der Waals surface area contributed by atoms with Crippen molar-refractivity contribution in [3.05, 3.63) is 84.0 Å². The number of nitrogens with zero attached hydrogens (tertiary/aromatic N) is 4. The van der Waals surface area contributed by atoms with Gasteiger partial charge in [0, 0.05) is 31.1 Å². The summed E-state index contributed by atoms with van der Waals surface area (Å²) in [6.45, 7) is 2.58. The molecular formula is C23H23N5O2. The van der Waals surface area contributed by atoms with Crippen molar-refractivity contribution in [3.8, 4) is 17.1 Å². The van der Waals surface area contributed by atoms with Gasteiger partial charge in [0.1, 0.15) is 0 Å². The van der Waals surface area contributed by atoms with Gasteiger partial charge < -0.3 is 9.73 Å². The first-order valence-corrected chi connectivity index (χ1v) is 9.92. The first kappa shape index (κ1) is 19.6. The van der Waals surface area contributed by atoms with Crippen molar-refractivity contribution >= 4 is 5.91 Å². The summed E-state index contributed by atoms with van der Waals surface area (Å²) in [5, 5.41) is 15.4. The van der Waals surface area contributed by atoms with E-state index in [-0.39, 0.29) is 5.91 Å². The van der Waals surface area contributed by atoms with Crippen LogP contribution in [0.3, 0.4) is 0 Å². The van der Waals surface area contributed by atoms with Crippen LogP contribution in [0.15, 0.2) is 71.4 Å². The van der Waals surface area contributed by atoms with E-state index in [1.54, 1.807) is 0 Å². The summed E-state index contributed by atoms with van der Waals surface area (Å²) in [6.07, 6.45) is 5.24. The lowest BCUT2D eigenvalue weighted by atomic mass is 10.1. The van der Waals surface area contributed by atoms with Crippen LogP contribution in [-0.2, 0) is 17.6 Å². The van der Waals surface area contributed by atoms with Gasteiger partial charge in [0.25, 0.3) is 0 Å². The van der Waals surface area contributed by atoms with Gasteiger partial charge >= 0.3 is 0 Å². The predicted octanol–water partition coefficient (Wildman–Crippen LogP) is 3.52. The molecule has 30 heavy (non-hydrogen) atoms. The van der Waals surface area contributed by atoms with E-state index in [1.165, 1.54) is 5.56 Å². The Balaban J connectivity index is 1.21.